The van der Waals surface area contributed by atoms with Gasteiger partial charge in [0.1, 0.15) is 6.23 Å². The Kier molecular flexibility index (Phi) is 5.38. The maximum absolute atomic E-state index is 5.80. The van der Waals surface area contributed by atoms with Gasteiger partial charge < -0.3 is 9.30 Å². The molecule has 2 aromatic carbocycles. The van der Waals surface area contributed by atoms with E-state index in [-0.39, 0.29) is 6.23 Å². The van der Waals surface area contributed by atoms with E-state index in [1.165, 1.54) is 4.90 Å². The number of benzene rings is 2. The van der Waals surface area contributed by atoms with Crippen LogP contribution < -0.4 is 0 Å². The number of hydrogen-bond donors (Lipinski definition) is 0. The highest BCUT2D eigenvalue weighted by molar-refractivity contribution is 7.98. The Balaban J connectivity index is 2.13. The maximum Gasteiger partial charge on any atom is 0.132 e. The molecule has 0 radical (unpaired) electrons. The predicted molar refractivity (Wildman–Crippen MR) is 101 cm³/mol. The van der Waals surface area contributed by atoms with E-state index in [4.69, 9.17) is 4.74 Å². The minimum atomic E-state index is -0.0600. The summed E-state index contributed by atoms with van der Waals surface area (Å²) in [5.41, 5.74) is 4.34. The van der Waals surface area contributed by atoms with Crippen molar-refractivity contribution in [1.82, 2.24) is 9.55 Å². The highest BCUT2D eigenvalue weighted by Crippen LogP contribution is 2.34. The quantitative estimate of drug-likeness (QED) is 0.556. The van der Waals surface area contributed by atoms with Gasteiger partial charge in [0.2, 0.25) is 0 Å². The smallest absolute Gasteiger partial charge is 0.132 e. The first-order valence-electron chi connectivity index (χ1n) is 8.13. The first-order valence-corrected chi connectivity index (χ1v) is 9.35. The van der Waals surface area contributed by atoms with Gasteiger partial charge in [-0.15, -0.1) is 11.8 Å². The number of aromatic nitrogens is 2. The molecule has 1 unspecified atom stereocenters. The molecular weight excluding hydrogens is 316 g/mol. The van der Waals surface area contributed by atoms with E-state index in [0.717, 1.165) is 22.5 Å². The van der Waals surface area contributed by atoms with Crippen molar-refractivity contribution in [3.8, 4) is 22.5 Å². The molecule has 1 heterocycles. The second-order valence-electron chi connectivity index (χ2n) is 5.50. The van der Waals surface area contributed by atoms with Crippen molar-refractivity contribution in [3.63, 3.8) is 0 Å². The van der Waals surface area contributed by atoms with Crippen LogP contribution in [0.4, 0.5) is 0 Å². The standard InChI is InChI=1S/C20H22N2OS/c1-4-23-15(2)22-14-21-19(16-8-6-5-7-9-16)20(22)17-10-12-18(24-3)13-11-17/h5-15H,4H2,1-3H3. The van der Waals surface area contributed by atoms with E-state index < -0.39 is 0 Å². The Morgan fingerprint density at radius 3 is 2.38 bits per heavy atom. The second kappa shape index (κ2) is 7.69. The fourth-order valence-electron chi connectivity index (χ4n) is 2.80. The summed E-state index contributed by atoms with van der Waals surface area (Å²) < 4.78 is 7.91. The third kappa shape index (κ3) is 3.40. The van der Waals surface area contributed by atoms with Crippen molar-refractivity contribution < 1.29 is 4.74 Å². The third-order valence-electron chi connectivity index (χ3n) is 4.00. The van der Waals surface area contributed by atoms with E-state index in [9.17, 15) is 0 Å². The molecule has 0 bridgehead atoms. The molecule has 3 nitrogen and oxygen atoms in total. The SMILES string of the molecule is CCOC(C)n1cnc(-c2ccccc2)c1-c1ccc(SC)cc1. The van der Waals surface area contributed by atoms with Gasteiger partial charge in [-0.1, -0.05) is 42.5 Å². The predicted octanol–water partition coefficient (Wildman–Crippen LogP) is 5.49. The number of rotatable bonds is 6. The van der Waals surface area contributed by atoms with Crippen LogP contribution in [0.15, 0.2) is 65.8 Å². The molecular formula is C20H22N2OS. The Bertz CT molecular complexity index is 781. The van der Waals surface area contributed by atoms with Crippen LogP contribution >= 0.6 is 11.8 Å². The van der Waals surface area contributed by atoms with Gasteiger partial charge in [0.15, 0.2) is 0 Å². The normalized spacial score (nSPS) is 12.3. The van der Waals surface area contributed by atoms with Crippen LogP contribution in [0.3, 0.4) is 0 Å². The van der Waals surface area contributed by atoms with Gasteiger partial charge in [-0.2, -0.15) is 0 Å². The van der Waals surface area contributed by atoms with Crippen LogP contribution in [0, 0.1) is 0 Å². The van der Waals surface area contributed by atoms with Gasteiger partial charge in [-0.3, -0.25) is 0 Å². The Hall–Kier alpha value is -2.04. The van der Waals surface area contributed by atoms with Crippen molar-refractivity contribution in [2.24, 2.45) is 0 Å². The molecule has 1 atom stereocenters. The lowest BCUT2D eigenvalue weighted by Gasteiger charge is -2.17. The van der Waals surface area contributed by atoms with Crippen LogP contribution in [0.5, 0.6) is 0 Å². The summed E-state index contributed by atoms with van der Waals surface area (Å²) in [5, 5.41) is 0. The summed E-state index contributed by atoms with van der Waals surface area (Å²) in [4.78, 5) is 5.94. The third-order valence-corrected chi connectivity index (χ3v) is 4.75. The van der Waals surface area contributed by atoms with Crippen molar-refractivity contribution in [1.29, 1.82) is 0 Å². The molecule has 0 saturated heterocycles. The first-order chi connectivity index (χ1) is 11.7. The molecule has 0 aliphatic heterocycles. The molecule has 124 valence electrons. The molecule has 0 fully saturated rings. The molecule has 3 rings (SSSR count). The molecule has 24 heavy (non-hydrogen) atoms. The average molecular weight is 338 g/mol. The molecule has 0 N–H and O–H groups in total. The van der Waals surface area contributed by atoms with Crippen LogP contribution in [-0.4, -0.2) is 22.4 Å². The van der Waals surface area contributed by atoms with Crippen molar-refractivity contribution in [2.75, 3.05) is 12.9 Å². The second-order valence-corrected chi connectivity index (χ2v) is 6.38. The van der Waals surface area contributed by atoms with Gasteiger partial charge in [-0.25, -0.2) is 4.98 Å². The molecule has 0 spiro atoms. The monoisotopic (exact) mass is 338 g/mol. The first kappa shape index (κ1) is 16.8. The van der Waals surface area contributed by atoms with Crippen molar-refractivity contribution >= 4 is 11.8 Å². The number of nitrogens with zero attached hydrogens (tertiary/aromatic N) is 2. The molecule has 4 heteroatoms. The zero-order valence-corrected chi connectivity index (χ0v) is 15.1. The Labute approximate surface area is 147 Å². The summed E-state index contributed by atoms with van der Waals surface area (Å²) in [6, 6.07) is 18.9. The number of thioether (sulfide) groups is 1. The number of ether oxygens (including phenoxy) is 1. The lowest BCUT2D eigenvalue weighted by Crippen LogP contribution is -2.09. The highest BCUT2D eigenvalue weighted by Gasteiger charge is 2.18. The number of imidazole rings is 1. The van der Waals surface area contributed by atoms with Crippen LogP contribution in [0.25, 0.3) is 22.5 Å². The van der Waals surface area contributed by atoms with E-state index >= 15 is 0 Å². The molecule has 0 saturated carbocycles. The van der Waals surface area contributed by atoms with E-state index in [0.29, 0.717) is 6.61 Å². The lowest BCUT2D eigenvalue weighted by atomic mass is 10.0. The zero-order valence-electron chi connectivity index (χ0n) is 14.3. The summed E-state index contributed by atoms with van der Waals surface area (Å²) in [6.07, 6.45) is 3.90. The van der Waals surface area contributed by atoms with Gasteiger partial charge >= 0.3 is 0 Å². The Morgan fingerprint density at radius 2 is 1.75 bits per heavy atom. The van der Waals surface area contributed by atoms with Crippen molar-refractivity contribution in [3.05, 3.63) is 60.9 Å². The maximum atomic E-state index is 5.80. The fourth-order valence-corrected chi connectivity index (χ4v) is 3.21. The minimum Gasteiger partial charge on any atom is -0.359 e. The van der Waals surface area contributed by atoms with Gasteiger partial charge in [-0.05, 0) is 32.2 Å². The molecule has 0 aliphatic rings. The topological polar surface area (TPSA) is 27.1 Å². The molecule has 1 aromatic heterocycles. The van der Waals surface area contributed by atoms with E-state index in [1.807, 2.05) is 31.5 Å². The van der Waals surface area contributed by atoms with Gasteiger partial charge in [0, 0.05) is 22.6 Å². The summed E-state index contributed by atoms with van der Waals surface area (Å²) >= 11 is 1.75. The van der Waals surface area contributed by atoms with Crippen molar-refractivity contribution in [2.45, 2.75) is 25.0 Å². The van der Waals surface area contributed by atoms with Gasteiger partial charge in [0.05, 0.1) is 17.7 Å². The van der Waals surface area contributed by atoms with Crippen LogP contribution in [0.1, 0.15) is 20.1 Å². The number of hydrogen-bond acceptors (Lipinski definition) is 3. The summed E-state index contributed by atoms with van der Waals surface area (Å²) in [7, 11) is 0. The molecule has 0 amide bonds. The average Bonchev–Trinajstić information content (AvgIpc) is 3.08. The van der Waals surface area contributed by atoms with Crippen LogP contribution in [0.2, 0.25) is 0 Å². The minimum absolute atomic E-state index is 0.0600. The Morgan fingerprint density at radius 1 is 1.04 bits per heavy atom. The van der Waals surface area contributed by atoms with E-state index in [2.05, 4.69) is 59.1 Å². The summed E-state index contributed by atoms with van der Waals surface area (Å²) in [6.45, 7) is 4.74. The zero-order chi connectivity index (χ0) is 16.9. The van der Waals surface area contributed by atoms with Gasteiger partial charge in [0.25, 0.3) is 0 Å². The van der Waals surface area contributed by atoms with Crippen LogP contribution in [-0.2, 0) is 4.74 Å². The lowest BCUT2D eigenvalue weighted by molar-refractivity contribution is 0.0259. The largest absolute Gasteiger partial charge is 0.359 e. The van der Waals surface area contributed by atoms with E-state index in [1.54, 1.807) is 11.8 Å². The molecule has 3 aromatic rings. The fraction of sp³-hybridized carbons (Fsp3) is 0.250. The molecule has 0 aliphatic carbocycles. The summed E-state index contributed by atoms with van der Waals surface area (Å²) in [5.74, 6) is 0. The highest BCUT2D eigenvalue weighted by atomic mass is 32.2.